The summed E-state index contributed by atoms with van der Waals surface area (Å²) in [6.07, 6.45) is 3.44. The van der Waals surface area contributed by atoms with Gasteiger partial charge in [-0.3, -0.25) is 9.90 Å². The fourth-order valence-electron chi connectivity index (χ4n) is 1.76. The Balaban J connectivity index is 1.96. The van der Waals surface area contributed by atoms with Gasteiger partial charge in [0.1, 0.15) is 0 Å². The molecule has 14 heavy (non-hydrogen) atoms. The van der Waals surface area contributed by atoms with Gasteiger partial charge in [-0.25, -0.2) is 0 Å². The third-order valence-electron chi connectivity index (χ3n) is 2.59. The number of benzene rings is 1. The van der Waals surface area contributed by atoms with Crippen LogP contribution in [0.2, 0.25) is 0 Å². The summed E-state index contributed by atoms with van der Waals surface area (Å²) >= 11 is 0. The van der Waals surface area contributed by atoms with E-state index in [1.54, 1.807) is 0 Å². The maximum atomic E-state index is 5.70. The van der Waals surface area contributed by atoms with E-state index in [1.165, 1.54) is 17.7 Å². The van der Waals surface area contributed by atoms with Gasteiger partial charge in [0.05, 0.1) is 12.3 Å². The van der Waals surface area contributed by atoms with Crippen molar-refractivity contribution in [2.75, 3.05) is 18.2 Å². The molecule has 2 nitrogen and oxygen atoms in total. The Morgan fingerprint density at radius 3 is 3.07 bits per heavy atom. The Kier molecular flexibility index (Phi) is 3.04. The monoisotopic (exact) mass is 191 g/mol. The van der Waals surface area contributed by atoms with E-state index in [2.05, 4.69) is 31.2 Å². The van der Waals surface area contributed by atoms with Crippen molar-refractivity contribution in [1.82, 2.24) is 0 Å². The number of hydrogen-bond acceptors (Lipinski definition) is 2. The lowest BCUT2D eigenvalue weighted by molar-refractivity contribution is 0.110. The summed E-state index contributed by atoms with van der Waals surface area (Å²) in [5, 5.41) is 2.03. The van der Waals surface area contributed by atoms with Gasteiger partial charge in [-0.2, -0.15) is 0 Å². The predicted octanol–water partition coefficient (Wildman–Crippen LogP) is 2.78. The minimum absolute atomic E-state index is 0.838. The lowest BCUT2D eigenvalue weighted by Gasteiger charge is -2.18. The van der Waals surface area contributed by atoms with Gasteiger partial charge in [-0.05, 0) is 24.5 Å². The van der Waals surface area contributed by atoms with Crippen LogP contribution in [0.15, 0.2) is 24.3 Å². The topological polar surface area (TPSA) is 12.5 Å². The van der Waals surface area contributed by atoms with E-state index in [0.29, 0.717) is 0 Å². The quantitative estimate of drug-likeness (QED) is 0.678. The first-order valence-corrected chi connectivity index (χ1v) is 5.40. The summed E-state index contributed by atoms with van der Waals surface area (Å²) < 4.78 is 0. The molecule has 0 atom stereocenters. The molecule has 0 saturated heterocycles. The van der Waals surface area contributed by atoms with Gasteiger partial charge in [0.15, 0.2) is 0 Å². The van der Waals surface area contributed by atoms with Crippen LogP contribution in [0.3, 0.4) is 0 Å². The number of unbranched alkanes of at least 4 members (excludes halogenated alkanes) is 1. The molecule has 0 radical (unpaired) electrons. The largest absolute Gasteiger partial charge is 0.273 e. The highest BCUT2D eigenvalue weighted by molar-refractivity contribution is 5.55. The number of nitrogens with zero attached hydrogens (tertiary/aromatic N) is 1. The van der Waals surface area contributed by atoms with E-state index in [-0.39, 0.29) is 0 Å². The van der Waals surface area contributed by atoms with E-state index in [4.69, 9.17) is 4.84 Å². The molecule has 1 aromatic carbocycles. The molecule has 2 heteroatoms. The molecule has 1 aliphatic rings. The summed E-state index contributed by atoms with van der Waals surface area (Å²) in [5.41, 5.74) is 2.66. The summed E-state index contributed by atoms with van der Waals surface area (Å²) in [4.78, 5) is 5.70. The molecule has 76 valence electrons. The molecule has 0 aromatic heterocycles. The number of para-hydroxylation sites is 1. The minimum atomic E-state index is 0.838. The molecule has 0 saturated carbocycles. The average Bonchev–Trinajstić information content (AvgIpc) is 2.63. The lowest BCUT2D eigenvalue weighted by Crippen LogP contribution is -2.21. The van der Waals surface area contributed by atoms with Crippen molar-refractivity contribution in [2.24, 2.45) is 0 Å². The van der Waals surface area contributed by atoms with Crippen LogP contribution >= 0.6 is 0 Å². The maximum absolute atomic E-state index is 5.70. The van der Waals surface area contributed by atoms with Crippen molar-refractivity contribution in [3.63, 3.8) is 0 Å². The van der Waals surface area contributed by atoms with Gasteiger partial charge in [-0.15, -0.1) is 0 Å². The van der Waals surface area contributed by atoms with Gasteiger partial charge in [0.25, 0.3) is 0 Å². The van der Waals surface area contributed by atoms with Crippen LogP contribution in [0, 0.1) is 0 Å². The Bertz CT molecular complexity index is 298. The van der Waals surface area contributed by atoms with E-state index < -0.39 is 0 Å². The van der Waals surface area contributed by atoms with Crippen LogP contribution < -0.4 is 5.06 Å². The summed E-state index contributed by atoms with van der Waals surface area (Å²) in [7, 11) is 0. The number of rotatable bonds is 4. The molecule has 2 rings (SSSR count). The number of hydrogen-bond donors (Lipinski definition) is 0. The first kappa shape index (κ1) is 9.53. The fourth-order valence-corrected chi connectivity index (χ4v) is 1.76. The third-order valence-corrected chi connectivity index (χ3v) is 2.59. The average molecular weight is 191 g/mol. The van der Waals surface area contributed by atoms with Crippen molar-refractivity contribution in [1.29, 1.82) is 0 Å². The molecule has 0 fully saturated rings. The molecule has 0 unspecified atom stereocenters. The van der Waals surface area contributed by atoms with Crippen molar-refractivity contribution < 1.29 is 4.84 Å². The van der Waals surface area contributed by atoms with Crippen LogP contribution in [0.5, 0.6) is 0 Å². The summed E-state index contributed by atoms with van der Waals surface area (Å²) in [6, 6.07) is 8.47. The van der Waals surface area contributed by atoms with Gasteiger partial charge in [0.2, 0.25) is 0 Å². The Hall–Kier alpha value is -1.02. The molecule has 0 N–H and O–H groups in total. The van der Waals surface area contributed by atoms with Crippen molar-refractivity contribution in [3.8, 4) is 0 Å². The molecular formula is C12H17NO. The number of hydroxylamine groups is 1. The molecule has 1 aliphatic heterocycles. The highest BCUT2D eigenvalue weighted by atomic mass is 16.7. The zero-order chi connectivity index (χ0) is 9.80. The molecule has 1 heterocycles. The van der Waals surface area contributed by atoms with Crippen LogP contribution in [0.25, 0.3) is 0 Å². The van der Waals surface area contributed by atoms with Gasteiger partial charge < -0.3 is 0 Å². The second kappa shape index (κ2) is 4.47. The zero-order valence-corrected chi connectivity index (χ0v) is 8.70. The van der Waals surface area contributed by atoms with E-state index in [1.807, 2.05) is 5.06 Å². The third kappa shape index (κ3) is 1.90. The second-order valence-electron chi connectivity index (χ2n) is 3.67. The molecule has 0 spiro atoms. The molecule has 0 amide bonds. The first-order chi connectivity index (χ1) is 6.92. The normalized spacial score (nSPS) is 14.5. The Morgan fingerprint density at radius 1 is 1.36 bits per heavy atom. The van der Waals surface area contributed by atoms with Crippen LogP contribution in [-0.2, 0) is 11.3 Å². The number of anilines is 1. The molecular weight excluding hydrogens is 174 g/mol. The number of fused-ring (bicyclic) bond motifs is 1. The standard InChI is InChI=1S/C12H17NO/c1-2-3-10-14-13-9-8-11-6-4-5-7-12(11)13/h4-7H,2-3,8-10H2,1H3. The minimum Gasteiger partial charge on any atom is -0.273 e. The molecule has 1 aromatic rings. The van der Waals surface area contributed by atoms with Gasteiger partial charge >= 0.3 is 0 Å². The smallest absolute Gasteiger partial charge is 0.0748 e. The van der Waals surface area contributed by atoms with Crippen molar-refractivity contribution in [3.05, 3.63) is 29.8 Å². The lowest BCUT2D eigenvalue weighted by atomic mass is 10.2. The first-order valence-electron chi connectivity index (χ1n) is 5.40. The van der Waals surface area contributed by atoms with Crippen LogP contribution in [0.1, 0.15) is 25.3 Å². The van der Waals surface area contributed by atoms with Crippen LogP contribution in [0.4, 0.5) is 5.69 Å². The SMILES string of the molecule is CCCCON1CCc2ccccc21. The fraction of sp³-hybridized carbons (Fsp3) is 0.500. The zero-order valence-electron chi connectivity index (χ0n) is 8.70. The highest BCUT2D eigenvalue weighted by Crippen LogP contribution is 2.27. The molecule has 0 aliphatic carbocycles. The predicted molar refractivity (Wildman–Crippen MR) is 58.4 cm³/mol. The second-order valence-corrected chi connectivity index (χ2v) is 3.67. The van der Waals surface area contributed by atoms with E-state index >= 15 is 0 Å². The summed E-state index contributed by atoms with van der Waals surface area (Å²) in [5.74, 6) is 0. The molecule has 0 bridgehead atoms. The van der Waals surface area contributed by atoms with Crippen LogP contribution in [-0.4, -0.2) is 13.2 Å². The Morgan fingerprint density at radius 2 is 2.21 bits per heavy atom. The van der Waals surface area contributed by atoms with E-state index in [9.17, 15) is 0 Å². The highest BCUT2D eigenvalue weighted by Gasteiger charge is 2.18. The van der Waals surface area contributed by atoms with Crippen molar-refractivity contribution in [2.45, 2.75) is 26.2 Å². The van der Waals surface area contributed by atoms with E-state index in [0.717, 1.165) is 26.0 Å². The Labute approximate surface area is 85.4 Å². The summed E-state index contributed by atoms with van der Waals surface area (Å²) in [6.45, 7) is 4.02. The van der Waals surface area contributed by atoms with Crippen molar-refractivity contribution >= 4 is 5.69 Å². The van der Waals surface area contributed by atoms with Gasteiger partial charge in [0, 0.05) is 6.54 Å². The van der Waals surface area contributed by atoms with Gasteiger partial charge in [-0.1, -0.05) is 31.5 Å². The maximum Gasteiger partial charge on any atom is 0.0748 e.